The topological polar surface area (TPSA) is 101 Å². The third-order valence-corrected chi connectivity index (χ3v) is 3.32. The van der Waals surface area contributed by atoms with Crippen LogP contribution in [0.15, 0.2) is 29.2 Å². The van der Waals surface area contributed by atoms with Crippen LogP contribution in [0, 0.1) is 5.82 Å². The van der Waals surface area contributed by atoms with E-state index in [2.05, 4.69) is 10.0 Å². The van der Waals surface area contributed by atoms with E-state index in [0.29, 0.717) is 0 Å². The van der Waals surface area contributed by atoms with Gasteiger partial charge in [-0.2, -0.15) is 0 Å². The molecule has 1 aromatic carbocycles. The molecule has 1 aromatic rings. The fraction of sp³-hybridized carbons (Fsp3) is 0.222. The van der Waals surface area contributed by atoms with E-state index in [1.807, 2.05) is 0 Å². The van der Waals surface area contributed by atoms with Gasteiger partial charge in [0, 0.05) is 13.1 Å². The third-order valence-electron chi connectivity index (χ3n) is 1.84. The highest BCUT2D eigenvalue weighted by molar-refractivity contribution is 7.89. The fourth-order valence-electron chi connectivity index (χ4n) is 1.07. The molecular weight excluding hydrogens is 249 g/mol. The van der Waals surface area contributed by atoms with E-state index in [1.54, 1.807) is 0 Å². The first-order chi connectivity index (χ1) is 7.92. The molecule has 2 amide bonds. The SMILES string of the molecule is NC(=O)NCCNS(=O)(=O)c1ccc(F)cc1. The number of hydrogen-bond donors (Lipinski definition) is 3. The number of rotatable bonds is 5. The van der Waals surface area contributed by atoms with E-state index < -0.39 is 21.9 Å². The maximum absolute atomic E-state index is 12.6. The zero-order valence-electron chi connectivity index (χ0n) is 8.81. The van der Waals surface area contributed by atoms with Gasteiger partial charge in [0.25, 0.3) is 0 Å². The summed E-state index contributed by atoms with van der Waals surface area (Å²) < 4.78 is 38.0. The normalized spacial score (nSPS) is 11.1. The van der Waals surface area contributed by atoms with E-state index in [1.165, 1.54) is 0 Å². The highest BCUT2D eigenvalue weighted by atomic mass is 32.2. The van der Waals surface area contributed by atoms with Gasteiger partial charge in [0.1, 0.15) is 5.82 Å². The number of sulfonamides is 1. The number of nitrogens with two attached hydrogens (primary N) is 1. The second kappa shape index (κ2) is 5.60. The van der Waals surface area contributed by atoms with Crippen molar-refractivity contribution in [3.05, 3.63) is 30.1 Å². The van der Waals surface area contributed by atoms with Gasteiger partial charge in [-0.05, 0) is 24.3 Å². The lowest BCUT2D eigenvalue weighted by molar-refractivity contribution is 0.249. The van der Waals surface area contributed by atoms with Gasteiger partial charge in [-0.25, -0.2) is 22.3 Å². The van der Waals surface area contributed by atoms with E-state index >= 15 is 0 Å². The van der Waals surface area contributed by atoms with Crippen LogP contribution in [0.25, 0.3) is 0 Å². The molecule has 0 radical (unpaired) electrons. The molecule has 4 N–H and O–H groups in total. The molecule has 0 fully saturated rings. The predicted octanol–water partition coefficient (Wildman–Crippen LogP) is -0.228. The van der Waals surface area contributed by atoms with Crippen molar-refractivity contribution in [2.24, 2.45) is 5.73 Å². The van der Waals surface area contributed by atoms with Crippen molar-refractivity contribution in [1.82, 2.24) is 10.0 Å². The first kappa shape index (κ1) is 13.4. The maximum Gasteiger partial charge on any atom is 0.312 e. The number of primary amides is 1. The van der Waals surface area contributed by atoms with Crippen LogP contribution in [0.4, 0.5) is 9.18 Å². The van der Waals surface area contributed by atoms with Crippen LogP contribution in [-0.2, 0) is 10.0 Å². The maximum atomic E-state index is 12.6. The summed E-state index contributed by atoms with van der Waals surface area (Å²) in [6.07, 6.45) is 0. The molecule has 0 atom stereocenters. The Morgan fingerprint density at radius 1 is 1.24 bits per heavy atom. The molecule has 0 aliphatic rings. The minimum Gasteiger partial charge on any atom is -0.352 e. The Morgan fingerprint density at radius 3 is 2.35 bits per heavy atom. The molecule has 1 rings (SSSR count). The first-order valence-corrected chi connectivity index (χ1v) is 6.19. The van der Waals surface area contributed by atoms with Gasteiger partial charge in [0.05, 0.1) is 4.90 Å². The van der Waals surface area contributed by atoms with Gasteiger partial charge in [0.2, 0.25) is 10.0 Å². The Labute approximate surface area is 98.1 Å². The lowest BCUT2D eigenvalue weighted by Gasteiger charge is -2.06. The van der Waals surface area contributed by atoms with Gasteiger partial charge >= 0.3 is 6.03 Å². The number of urea groups is 1. The highest BCUT2D eigenvalue weighted by Crippen LogP contribution is 2.08. The van der Waals surface area contributed by atoms with Gasteiger partial charge in [-0.15, -0.1) is 0 Å². The summed E-state index contributed by atoms with van der Waals surface area (Å²) in [4.78, 5) is 10.3. The molecule has 0 saturated carbocycles. The van der Waals surface area contributed by atoms with Crippen molar-refractivity contribution in [3.8, 4) is 0 Å². The summed E-state index contributed by atoms with van der Waals surface area (Å²) >= 11 is 0. The van der Waals surface area contributed by atoms with Crippen molar-refractivity contribution < 1.29 is 17.6 Å². The standard InChI is InChI=1S/C9H12FN3O3S/c10-7-1-3-8(4-2-7)17(15,16)13-6-5-12-9(11)14/h1-4,13H,5-6H2,(H3,11,12,14). The van der Waals surface area contributed by atoms with E-state index in [4.69, 9.17) is 5.73 Å². The number of nitrogens with one attached hydrogen (secondary N) is 2. The molecule has 6 nitrogen and oxygen atoms in total. The summed E-state index contributed by atoms with van der Waals surface area (Å²) in [5.41, 5.74) is 4.80. The monoisotopic (exact) mass is 261 g/mol. The van der Waals surface area contributed by atoms with Crippen molar-refractivity contribution in [3.63, 3.8) is 0 Å². The smallest absolute Gasteiger partial charge is 0.312 e. The molecule has 0 bridgehead atoms. The summed E-state index contributed by atoms with van der Waals surface area (Å²) in [5.74, 6) is -0.514. The number of amides is 2. The van der Waals surface area contributed by atoms with Crippen LogP contribution in [-0.4, -0.2) is 27.5 Å². The minimum absolute atomic E-state index is 0.00263. The fourth-order valence-corrected chi connectivity index (χ4v) is 2.10. The molecule has 0 saturated heterocycles. The molecule has 0 heterocycles. The first-order valence-electron chi connectivity index (χ1n) is 4.70. The lowest BCUT2D eigenvalue weighted by atomic mass is 10.4. The van der Waals surface area contributed by atoms with Gasteiger partial charge < -0.3 is 11.1 Å². The van der Waals surface area contributed by atoms with Crippen LogP contribution in [0.3, 0.4) is 0 Å². The molecule has 17 heavy (non-hydrogen) atoms. The van der Waals surface area contributed by atoms with E-state index in [0.717, 1.165) is 24.3 Å². The molecule has 0 aliphatic heterocycles. The zero-order chi connectivity index (χ0) is 12.9. The van der Waals surface area contributed by atoms with Crippen molar-refractivity contribution in [2.45, 2.75) is 4.90 Å². The molecular formula is C9H12FN3O3S. The highest BCUT2D eigenvalue weighted by Gasteiger charge is 2.12. The van der Waals surface area contributed by atoms with Crippen molar-refractivity contribution >= 4 is 16.1 Å². The Kier molecular flexibility index (Phi) is 4.41. The number of halogens is 1. The average molecular weight is 261 g/mol. The Hall–Kier alpha value is -1.67. The molecule has 0 aromatic heterocycles. The van der Waals surface area contributed by atoms with Crippen LogP contribution < -0.4 is 15.8 Å². The average Bonchev–Trinajstić information content (AvgIpc) is 2.25. The van der Waals surface area contributed by atoms with E-state index in [-0.39, 0.29) is 18.0 Å². The predicted molar refractivity (Wildman–Crippen MR) is 59.2 cm³/mol. The number of benzene rings is 1. The van der Waals surface area contributed by atoms with Crippen LogP contribution in [0.1, 0.15) is 0 Å². The number of carbonyl (C=O) groups excluding carboxylic acids is 1. The molecule has 8 heteroatoms. The van der Waals surface area contributed by atoms with Crippen molar-refractivity contribution in [2.75, 3.05) is 13.1 Å². The van der Waals surface area contributed by atoms with Gasteiger partial charge in [-0.3, -0.25) is 0 Å². The Morgan fingerprint density at radius 2 is 1.82 bits per heavy atom. The summed E-state index contributed by atoms with van der Waals surface area (Å²) in [7, 11) is -3.68. The van der Waals surface area contributed by atoms with Gasteiger partial charge in [-0.1, -0.05) is 0 Å². The molecule has 0 spiro atoms. The van der Waals surface area contributed by atoms with Gasteiger partial charge in [0.15, 0.2) is 0 Å². The minimum atomic E-state index is -3.68. The molecule has 0 aliphatic carbocycles. The molecule has 0 unspecified atom stereocenters. The summed E-state index contributed by atoms with van der Waals surface area (Å²) in [5, 5.41) is 2.23. The third kappa shape index (κ3) is 4.37. The molecule has 94 valence electrons. The van der Waals surface area contributed by atoms with Crippen molar-refractivity contribution in [1.29, 1.82) is 0 Å². The quantitative estimate of drug-likeness (QED) is 0.638. The van der Waals surface area contributed by atoms with Crippen LogP contribution in [0.2, 0.25) is 0 Å². The largest absolute Gasteiger partial charge is 0.352 e. The lowest BCUT2D eigenvalue weighted by Crippen LogP contribution is -2.37. The Bertz CT molecular complexity index is 487. The summed E-state index contributed by atoms with van der Waals surface area (Å²) in [6, 6.07) is 3.68. The Balaban J connectivity index is 2.57. The number of carbonyl (C=O) groups is 1. The second-order valence-electron chi connectivity index (χ2n) is 3.14. The second-order valence-corrected chi connectivity index (χ2v) is 4.91. The van der Waals surface area contributed by atoms with Crippen LogP contribution in [0.5, 0.6) is 0 Å². The van der Waals surface area contributed by atoms with E-state index in [9.17, 15) is 17.6 Å². The van der Waals surface area contributed by atoms with Crippen LogP contribution >= 0.6 is 0 Å². The number of hydrogen-bond acceptors (Lipinski definition) is 3. The summed E-state index contributed by atoms with van der Waals surface area (Å²) in [6.45, 7) is 0.0818. The zero-order valence-corrected chi connectivity index (χ0v) is 9.63.